The van der Waals surface area contributed by atoms with E-state index in [4.69, 9.17) is 11.6 Å². The van der Waals surface area contributed by atoms with E-state index in [1.54, 1.807) is 30.3 Å². The maximum absolute atomic E-state index is 11.4. The van der Waals surface area contributed by atoms with Crippen molar-refractivity contribution in [3.05, 3.63) is 78.3 Å². The molecule has 2 rings (SSSR count). The summed E-state index contributed by atoms with van der Waals surface area (Å²) in [6, 6.07) is 17.8. The molecule has 2 aromatic rings. The van der Waals surface area contributed by atoms with E-state index < -0.39 is 9.84 Å². The highest BCUT2D eigenvalue weighted by atomic mass is 35.5. The first-order chi connectivity index (χ1) is 9.06. The van der Waals surface area contributed by atoms with E-state index in [1.807, 2.05) is 30.3 Å². The topological polar surface area (TPSA) is 34.1 Å². The van der Waals surface area contributed by atoms with Gasteiger partial charge in [0.2, 0.25) is 0 Å². The smallest absolute Gasteiger partial charge is 0.181 e. The molecular formula is C15H15ClO2S. The number of halogens is 1. The van der Waals surface area contributed by atoms with Gasteiger partial charge in [-0.3, -0.25) is 0 Å². The van der Waals surface area contributed by atoms with Crippen LogP contribution in [0.4, 0.5) is 0 Å². The molecule has 0 heterocycles. The zero-order valence-electron chi connectivity index (χ0n) is 10.4. The van der Waals surface area contributed by atoms with Crippen LogP contribution in [-0.4, -0.2) is 14.2 Å². The van der Waals surface area contributed by atoms with Crippen LogP contribution in [0, 0.1) is 0 Å². The average Bonchev–Trinajstić information content (AvgIpc) is 2.41. The molecule has 0 N–H and O–H groups in total. The van der Waals surface area contributed by atoms with E-state index in [1.165, 1.54) is 6.08 Å². The summed E-state index contributed by atoms with van der Waals surface area (Å²) in [7, 11) is -3.13. The first-order valence-electron chi connectivity index (χ1n) is 5.65. The molecule has 0 atom stereocenters. The van der Waals surface area contributed by atoms with Gasteiger partial charge in [0.25, 0.3) is 0 Å². The van der Waals surface area contributed by atoms with E-state index in [0.29, 0.717) is 4.90 Å². The second kappa shape index (κ2) is 7.77. The van der Waals surface area contributed by atoms with Gasteiger partial charge in [0, 0.05) is 5.02 Å². The molecule has 0 spiro atoms. The van der Waals surface area contributed by atoms with Crippen molar-refractivity contribution in [2.45, 2.75) is 4.90 Å². The number of benzene rings is 2. The van der Waals surface area contributed by atoms with Crippen LogP contribution in [0.2, 0.25) is 5.02 Å². The Hall–Kier alpha value is -1.58. The fourth-order valence-corrected chi connectivity index (χ4v) is 2.51. The van der Waals surface area contributed by atoms with Crippen LogP contribution in [0.3, 0.4) is 0 Å². The average molecular weight is 295 g/mol. The summed E-state index contributed by atoms with van der Waals surface area (Å²) in [6.45, 7) is 3.39. The minimum Gasteiger partial charge on any atom is -0.223 e. The van der Waals surface area contributed by atoms with Gasteiger partial charge >= 0.3 is 0 Å². The second-order valence-electron chi connectivity index (χ2n) is 3.68. The third-order valence-electron chi connectivity index (χ3n) is 2.17. The summed E-state index contributed by atoms with van der Waals surface area (Å²) in [5.41, 5.74) is 0. The van der Waals surface area contributed by atoms with Crippen LogP contribution in [-0.2, 0) is 9.84 Å². The van der Waals surface area contributed by atoms with Crippen LogP contribution >= 0.6 is 11.6 Å². The molecule has 0 fully saturated rings. The van der Waals surface area contributed by atoms with E-state index in [2.05, 4.69) is 6.58 Å². The quantitative estimate of drug-likeness (QED) is 0.802. The lowest BCUT2D eigenvalue weighted by Gasteiger charge is -1.98. The molecule has 0 unspecified atom stereocenters. The third kappa shape index (κ3) is 5.73. The van der Waals surface area contributed by atoms with Gasteiger partial charge in [-0.2, -0.15) is 0 Å². The predicted octanol–water partition coefficient (Wildman–Crippen LogP) is 3.99. The Kier molecular flexibility index (Phi) is 6.33. The molecule has 4 heteroatoms. The van der Waals surface area contributed by atoms with Gasteiger partial charge in [0.15, 0.2) is 9.84 Å². The van der Waals surface area contributed by atoms with Gasteiger partial charge in [-0.25, -0.2) is 8.42 Å². The summed E-state index contributed by atoms with van der Waals surface area (Å²) in [4.78, 5) is 0.352. The van der Waals surface area contributed by atoms with Crippen LogP contribution in [0.15, 0.2) is 78.2 Å². The highest BCUT2D eigenvalue weighted by molar-refractivity contribution is 7.91. The maximum atomic E-state index is 11.4. The van der Waals surface area contributed by atoms with Crippen LogP contribution < -0.4 is 0 Å². The molecule has 2 aromatic carbocycles. The highest BCUT2D eigenvalue weighted by Crippen LogP contribution is 2.09. The molecule has 0 aliphatic heterocycles. The lowest BCUT2D eigenvalue weighted by molar-refractivity contribution is 0.599. The lowest BCUT2D eigenvalue weighted by Crippen LogP contribution is -2.03. The monoisotopic (exact) mass is 294 g/mol. The molecule has 19 heavy (non-hydrogen) atoms. The van der Waals surface area contributed by atoms with Crippen molar-refractivity contribution in [1.82, 2.24) is 0 Å². The zero-order chi connectivity index (χ0) is 14.1. The Morgan fingerprint density at radius 2 is 1.42 bits per heavy atom. The normalized spacial score (nSPS) is 10.2. The van der Waals surface area contributed by atoms with Gasteiger partial charge in [-0.15, -0.1) is 6.58 Å². The fourth-order valence-electron chi connectivity index (χ4n) is 1.29. The molecular weight excluding hydrogens is 280 g/mol. The molecule has 0 aliphatic rings. The molecule has 100 valence electrons. The Morgan fingerprint density at radius 1 is 0.947 bits per heavy atom. The van der Waals surface area contributed by atoms with Crippen molar-refractivity contribution >= 4 is 21.4 Å². The molecule has 0 aromatic heterocycles. The summed E-state index contributed by atoms with van der Waals surface area (Å²) in [5.74, 6) is -0.00296. The zero-order valence-corrected chi connectivity index (χ0v) is 11.9. The van der Waals surface area contributed by atoms with Crippen molar-refractivity contribution in [2.75, 3.05) is 5.75 Å². The minimum absolute atomic E-state index is 0.00296. The summed E-state index contributed by atoms with van der Waals surface area (Å²) in [5, 5.41) is 0.794. The summed E-state index contributed by atoms with van der Waals surface area (Å²) in [6.07, 6.45) is 1.39. The van der Waals surface area contributed by atoms with Crippen molar-refractivity contribution in [2.24, 2.45) is 0 Å². The molecule has 0 amide bonds. The Labute approximate surface area is 119 Å². The standard InChI is InChI=1S/C9H10O2S.C6H5Cl/c1-2-8-12(10,11)9-6-4-3-5-7-9;7-6-4-2-1-3-5-6/h2-7H,1,8H2;1-5H. The minimum atomic E-state index is -3.13. The molecule has 0 radical (unpaired) electrons. The molecule has 2 nitrogen and oxygen atoms in total. The number of hydrogen-bond donors (Lipinski definition) is 0. The van der Waals surface area contributed by atoms with Crippen molar-refractivity contribution in [1.29, 1.82) is 0 Å². The van der Waals surface area contributed by atoms with Crippen molar-refractivity contribution in [3.63, 3.8) is 0 Å². The largest absolute Gasteiger partial charge is 0.223 e. The summed E-state index contributed by atoms with van der Waals surface area (Å²) >= 11 is 5.54. The van der Waals surface area contributed by atoms with E-state index in [9.17, 15) is 8.42 Å². The number of sulfone groups is 1. The van der Waals surface area contributed by atoms with Gasteiger partial charge < -0.3 is 0 Å². The van der Waals surface area contributed by atoms with Crippen LogP contribution in [0.1, 0.15) is 0 Å². The van der Waals surface area contributed by atoms with Crippen molar-refractivity contribution in [3.8, 4) is 0 Å². The maximum Gasteiger partial charge on any atom is 0.181 e. The Bertz CT molecular complexity index is 593. The van der Waals surface area contributed by atoms with E-state index in [-0.39, 0.29) is 5.75 Å². The van der Waals surface area contributed by atoms with Gasteiger partial charge in [0.05, 0.1) is 10.6 Å². The van der Waals surface area contributed by atoms with E-state index in [0.717, 1.165) is 5.02 Å². The fraction of sp³-hybridized carbons (Fsp3) is 0.0667. The van der Waals surface area contributed by atoms with Gasteiger partial charge in [0.1, 0.15) is 0 Å². The SMILES string of the molecule is C=CCS(=O)(=O)c1ccccc1.Clc1ccccc1. The molecule has 0 saturated carbocycles. The Balaban J connectivity index is 0.000000218. The number of hydrogen-bond acceptors (Lipinski definition) is 2. The molecule has 0 aliphatic carbocycles. The third-order valence-corrected chi connectivity index (χ3v) is 4.09. The molecule has 0 saturated heterocycles. The second-order valence-corrected chi connectivity index (χ2v) is 6.15. The predicted molar refractivity (Wildman–Crippen MR) is 80.1 cm³/mol. The van der Waals surface area contributed by atoms with Crippen LogP contribution in [0.25, 0.3) is 0 Å². The van der Waals surface area contributed by atoms with E-state index >= 15 is 0 Å². The molecule has 0 bridgehead atoms. The highest BCUT2D eigenvalue weighted by Gasteiger charge is 2.09. The first kappa shape index (κ1) is 15.5. The summed E-state index contributed by atoms with van der Waals surface area (Å²) < 4.78 is 22.7. The first-order valence-corrected chi connectivity index (χ1v) is 7.68. The Morgan fingerprint density at radius 3 is 1.79 bits per heavy atom. The lowest BCUT2D eigenvalue weighted by atomic mass is 10.4. The van der Waals surface area contributed by atoms with Crippen molar-refractivity contribution < 1.29 is 8.42 Å². The van der Waals surface area contributed by atoms with Crippen LogP contribution in [0.5, 0.6) is 0 Å². The number of rotatable bonds is 3. The van der Waals surface area contributed by atoms with Gasteiger partial charge in [-0.05, 0) is 24.3 Å². The van der Waals surface area contributed by atoms with Gasteiger partial charge in [-0.1, -0.05) is 54.1 Å².